The smallest absolute Gasteiger partial charge is 0.107 e. The van der Waals surface area contributed by atoms with E-state index in [-0.39, 0.29) is 6.10 Å². The minimum atomic E-state index is -0.00345. The molecule has 5 nitrogen and oxygen atoms in total. The summed E-state index contributed by atoms with van der Waals surface area (Å²) < 4.78 is 7.72. The standard InChI is InChI=1S/C18H18Cl2N4OS/c1-23-8-13(7-21-23)16-11-26-18(22-16)10-24-4-5-25-17(9-24)12-2-3-14(19)15(20)6-12/h2-3,6-8,11,17H,4-5,9-10H2,1H3. The van der Waals surface area contributed by atoms with E-state index in [0.717, 1.165) is 41.5 Å². The minimum absolute atomic E-state index is 0.00345. The van der Waals surface area contributed by atoms with Crippen LogP contribution in [0.2, 0.25) is 10.0 Å². The molecule has 26 heavy (non-hydrogen) atoms. The largest absolute Gasteiger partial charge is 0.371 e. The molecular formula is C18H18Cl2N4OS. The van der Waals surface area contributed by atoms with Crippen LogP contribution in [0.1, 0.15) is 16.7 Å². The van der Waals surface area contributed by atoms with E-state index in [9.17, 15) is 0 Å². The number of hydrogen-bond donors (Lipinski definition) is 0. The van der Waals surface area contributed by atoms with Gasteiger partial charge in [-0.05, 0) is 17.7 Å². The SMILES string of the molecule is Cn1cc(-c2csc(CN3CCOC(c4ccc(Cl)c(Cl)c4)C3)n2)cn1. The Kier molecular flexibility index (Phi) is 5.29. The molecule has 1 atom stereocenters. The third-order valence-corrected chi connectivity index (χ3v) is 5.95. The molecule has 0 radical (unpaired) electrons. The lowest BCUT2D eigenvalue weighted by Gasteiger charge is -2.32. The Morgan fingerprint density at radius 2 is 2.19 bits per heavy atom. The highest BCUT2D eigenvalue weighted by Gasteiger charge is 2.23. The highest BCUT2D eigenvalue weighted by molar-refractivity contribution is 7.09. The molecule has 1 aliphatic rings. The summed E-state index contributed by atoms with van der Waals surface area (Å²) in [6.07, 6.45) is 3.82. The zero-order valence-corrected chi connectivity index (χ0v) is 16.6. The highest BCUT2D eigenvalue weighted by Crippen LogP contribution is 2.30. The lowest BCUT2D eigenvalue weighted by atomic mass is 10.1. The Morgan fingerprint density at radius 1 is 1.31 bits per heavy atom. The van der Waals surface area contributed by atoms with Crippen molar-refractivity contribution in [3.05, 3.63) is 56.6 Å². The van der Waals surface area contributed by atoms with E-state index in [1.807, 2.05) is 37.6 Å². The number of aromatic nitrogens is 3. The lowest BCUT2D eigenvalue weighted by molar-refractivity contribution is -0.0329. The van der Waals surface area contributed by atoms with Crippen LogP contribution in [0.25, 0.3) is 11.3 Å². The van der Waals surface area contributed by atoms with E-state index in [1.54, 1.807) is 16.0 Å². The van der Waals surface area contributed by atoms with Gasteiger partial charge in [0.1, 0.15) is 5.01 Å². The zero-order chi connectivity index (χ0) is 18.1. The van der Waals surface area contributed by atoms with Crippen LogP contribution in [0.4, 0.5) is 0 Å². The minimum Gasteiger partial charge on any atom is -0.371 e. The van der Waals surface area contributed by atoms with Gasteiger partial charge in [0, 0.05) is 37.3 Å². The van der Waals surface area contributed by atoms with Gasteiger partial charge in [0.15, 0.2) is 0 Å². The molecule has 0 bridgehead atoms. The molecule has 2 aromatic heterocycles. The second kappa shape index (κ2) is 7.66. The first-order valence-electron chi connectivity index (χ1n) is 8.31. The first kappa shape index (κ1) is 17.9. The number of nitrogens with zero attached hydrogens (tertiary/aromatic N) is 4. The van der Waals surface area contributed by atoms with Crippen molar-refractivity contribution in [1.82, 2.24) is 19.7 Å². The fourth-order valence-electron chi connectivity index (χ4n) is 3.02. The number of ether oxygens (including phenoxy) is 1. The van der Waals surface area contributed by atoms with E-state index >= 15 is 0 Å². The summed E-state index contributed by atoms with van der Waals surface area (Å²) in [5.74, 6) is 0. The Bertz CT molecular complexity index is 910. The van der Waals surface area contributed by atoms with Crippen LogP contribution in [-0.4, -0.2) is 39.4 Å². The molecule has 1 unspecified atom stereocenters. The van der Waals surface area contributed by atoms with Crippen molar-refractivity contribution in [3.8, 4) is 11.3 Å². The van der Waals surface area contributed by atoms with Crippen LogP contribution in [0.5, 0.6) is 0 Å². The third kappa shape index (κ3) is 3.94. The Morgan fingerprint density at radius 3 is 2.96 bits per heavy atom. The molecule has 4 rings (SSSR count). The summed E-state index contributed by atoms with van der Waals surface area (Å²) in [6, 6.07) is 5.69. The molecule has 0 amide bonds. The van der Waals surface area contributed by atoms with Crippen molar-refractivity contribution >= 4 is 34.5 Å². The molecule has 1 saturated heterocycles. The molecule has 3 aromatic rings. The van der Waals surface area contributed by atoms with Gasteiger partial charge in [-0.2, -0.15) is 5.10 Å². The van der Waals surface area contributed by atoms with Crippen LogP contribution >= 0.6 is 34.5 Å². The number of thiazole rings is 1. The van der Waals surface area contributed by atoms with Gasteiger partial charge in [-0.1, -0.05) is 29.3 Å². The van der Waals surface area contributed by atoms with Gasteiger partial charge in [0.25, 0.3) is 0 Å². The van der Waals surface area contributed by atoms with Gasteiger partial charge >= 0.3 is 0 Å². The van der Waals surface area contributed by atoms with E-state index < -0.39 is 0 Å². The molecule has 0 N–H and O–H groups in total. The van der Waals surface area contributed by atoms with Gasteiger partial charge in [0.2, 0.25) is 0 Å². The van der Waals surface area contributed by atoms with Crippen LogP contribution in [0.15, 0.2) is 36.0 Å². The molecule has 1 aromatic carbocycles. The molecule has 1 aliphatic heterocycles. The van der Waals surface area contributed by atoms with Gasteiger partial charge in [-0.25, -0.2) is 4.98 Å². The number of halogens is 2. The summed E-state index contributed by atoms with van der Waals surface area (Å²) >= 11 is 13.8. The van der Waals surface area contributed by atoms with Crippen molar-refractivity contribution in [2.75, 3.05) is 19.7 Å². The Hall–Kier alpha value is -1.44. The van der Waals surface area contributed by atoms with E-state index in [1.165, 1.54) is 0 Å². The summed E-state index contributed by atoms with van der Waals surface area (Å²) in [4.78, 5) is 7.12. The first-order valence-corrected chi connectivity index (χ1v) is 9.94. The number of hydrogen-bond acceptors (Lipinski definition) is 5. The van der Waals surface area contributed by atoms with Crippen molar-refractivity contribution in [3.63, 3.8) is 0 Å². The monoisotopic (exact) mass is 408 g/mol. The van der Waals surface area contributed by atoms with E-state index in [2.05, 4.69) is 15.4 Å². The maximum atomic E-state index is 6.15. The van der Waals surface area contributed by atoms with Gasteiger partial charge in [-0.15, -0.1) is 11.3 Å². The van der Waals surface area contributed by atoms with E-state index in [4.69, 9.17) is 32.9 Å². The number of morpholine rings is 1. The number of rotatable bonds is 4. The van der Waals surface area contributed by atoms with Crippen molar-refractivity contribution < 1.29 is 4.74 Å². The lowest BCUT2D eigenvalue weighted by Crippen LogP contribution is -2.37. The van der Waals surface area contributed by atoms with Gasteiger partial charge in [0.05, 0.1) is 41.2 Å². The number of aryl methyl sites for hydroxylation is 1. The summed E-state index contributed by atoms with van der Waals surface area (Å²) in [5, 5.41) is 8.52. The fraction of sp³-hybridized carbons (Fsp3) is 0.333. The van der Waals surface area contributed by atoms with Gasteiger partial charge < -0.3 is 4.74 Å². The van der Waals surface area contributed by atoms with Crippen LogP contribution < -0.4 is 0 Å². The summed E-state index contributed by atoms with van der Waals surface area (Å²) in [5.41, 5.74) is 3.08. The van der Waals surface area contributed by atoms with Gasteiger partial charge in [-0.3, -0.25) is 9.58 Å². The molecule has 1 fully saturated rings. The van der Waals surface area contributed by atoms with Crippen molar-refractivity contribution in [2.45, 2.75) is 12.6 Å². The van der Waals surface area contributed by atoms with Crippen molar-refractivity contribution in [1.29, 1.82) is 0 Å². The van der Waals surface area contributed by atoms with Crippen LogP contribution in [-0.2, 0) is 18.3 Å². The van der Waals surface area contributed by atoms with Crippen LogP contribution in [0.3, 0.4) is 0 Å². The van der Waals surface area contributed by atoms with Crippen LogP contribution in [0, 0.1) is 0 Å². The number of benzene rings is 1. The molecule has 0 saturated carbocycles. The normalized spacial score (nSPS) is 18.3. The average Bonchev–Trinajstić information content (AvgIpc) is 3.26. The average molecular weight is 409 g/mol. The maximum Gasteiger partial charge on any atom is 0.107 e. The first-order chi connectivity index (χ1) is 12.6. The zero-order valence-electron chi connectivity index (χ0n) is 14.2. The Balaban J connectivity index is 1.43. The van der Waals surface area contributed by atoms with E-state index in [0.29, 0.717) is 16.7 Å². The second-order valence-corrected chi connectivity index (χ2v) is 8.05. The summed E-state index contributed by atoms with van der Waals surface area (Å²) in [6.45, 7) is 3.19. The molecule has 0 aliphatic carbocycles. The van der Waals surface area contributed by atoms with Crippen molar-refractivity contribution in [2.24, 2.45) is 7.05 Å². The maximum absolute atomic E-state index is 6.15. The predicted octanol–water partition coefficient (Wildman–Crippen LogP) is 4.42. The predicted molar refractivity (Wildman–Crippen MR) is 105 cm³/mol. The molecule has 8 heteroatoms. The Labute approximate surface area is 166 Å². The highest BCUT2D eigenvalue weighted by atomic mass is 35.5. The molecule has 3 heterocycles. The molecular weight excluding hydrogens is 391 g/mol. The molecule has 136 valence electrons. The summed E-state index contributed by atoms with van der Waals surface area (Å²) in [7, 11) is 1.91. The quantitative estimate of drug-likeness (QED) is 0.640. The molecule has 0 spiro atoms. The fourth-order valence-corrected chi connectivity index (χ4v) is 4.17. The third-order valence-electron chi connectivity index (χ3n) is 4.38. The topological polar surface area (TPSA) is 43.2 Å². The second-order valence-electron chi connectivity index (χ2n) is 6.30.